The van der Waals surface area contributed by atoms with E-state index in [9.17, 15) is 19.5 Å². The number of aryl methyl sites for hydroxylation is 3. The van der Waals surface area contributed by atoms with E-state index in [1.807, 2.05) is 80.6 Å². The van der Waals surface area contributed by atoms with Gasteiger partial charge in [-0.2, -0.15) is 0 Å². The summed E-state index contributed by atoms with van der Waals surface area (Å²) in [6, 6.07) is 23.6. The molecule has 0 aliphatic carbocycles. The second-order valence-electron chi connectivity index (χ2n) is 15.3. The number of pyridine rings is 1. The van der Waals surface area contributed by atoms with Gasteiger partial charge in [0.2, 0.25) is 5.91 Å². The molecule has 0 bridgehead atoms. The van der Waals surface area contributed by atoms with E-state index in [4.69, 9.17) is 41.8 Å². The summed E-state index contributed by atoms with van der Waals surface area (Å²) in [5.41, 5.74) is 8.03. The van der Waals surface area contributed by atoms with Crippen molar-refractivity contribution in [3.63, 3.8) is 0 Å². The number of carbonyl (C=O) groups excluding carboxylic acids is 2. The van der Waals surface area contributed by atoms with Gasteiger partial charge in [0.1, 0.15) is 36.8 Å². The van der Waals surface area contributed by atoms with E-state index in [2.05, 4.69) is 15.3 Å². The Labute approximate surface area is 362 Å². The zero-order valence-corrected chi connectivity index (χ0v) is 35.3. The number of rotatable bonds is 11. The summed E-state index contributed by atoms with van der Waals surface area (Å²) >= 11 is 12.3. The molecule has 6 aromatic rings. The number of ether oxygens (including phenoxy) is 3. The Morgan fingerprint density at radius 1 is 0.902 bits per heavy atom. The molecule has 2 aliphatic heterocycles. The Morgan fingerprint density at radius 2 is 1.62 bits per heavy atom. The van der Waals surface area contributed by atoms with Gasteiger partial charge in [-0.25, -0.2) is 9.78 Å². The first-order chi connectivity index (χ1) is 29.3. The first kappa shape index (κ1) is 41.4. The van der Waals surface area contributed by atoms with Gasteiger partial charge in [0, 0.05) is 48.2 Å². The molecule has 2 aliphatic rings. The smallest absolute Gasteiger partial charge is 0.326 e. The maximum absolute atomic E-state index is 14.2. The number of hydrogen-bond acceptors (Lipinski definition) is 9. The molecule has 3 atom stereocenters. The van der Waals surface area contributed by atoms with Crippen molar-refractivity contribution >= 4 is 41.0 Å². The van der Waals surface area contributed by atoms with Crippen LogP contribution in [0.5, 0.6) is 17.2 Å². The van der Waals surface area contributed by atoms with Crippen LogP contribution in [0.3, 0.4) is 0 Å². The average molecular weight is 862 g/mol. The van der Waals surface area contributed by atoms with Crippen molar-refractivity contribution in [1.29, 1.82) is 0 Å². The molecule has 0 saturated heterocycles. The molecule has 4 aromatic carbocycles. The molecule has 4 heterocycles. The normalized spacial score (nSPS) is 16.1. The lowest BCUT2D eigenvalue weighted by molar-refractivity contribution is -0.142. The monoisotopic (exact) mass is 860 g/mol. The number of carbonyl (C=O) groups is 3. The molecule has 0 unspecified atom stereocenters. The first-order valence-electron chi connectivity index (χ1n) is 19.7. The fourth-order valence-electron chi connectivity index (χ4n) is 7.74. The summed E-state index contributed by atoms with van der Waals surface area (Å²) in [6.07, 6.45) is 1.45. The van der Waals surface area contributed by atoms with Crippen molar-refractivity contribution in [2.24, 2.45) is 0 Å². The molecule has 0 saturated carbocycles. The molecule has 2 amide bonds. The number of aromatic nitrogens is 2. The third-order valence-corrected chi connectivity index (χ3v) is 11.5. The van der Waals surface area contributed by atoms with Crippen molar-refractivity contribution in [2.75, 3.05) is 6.61 Å². The predicted octanol–water partition coefficient (Wildman–Crippen LogP) is 8.75. The standard InChI is InChI=1S/C47H42Cl2N4O8/c1-25-26(2)50-14-13-38(25)31-7-5-29(6-8-31)17-39(47(56)57)52-45(54)40-18-33-19-41-42(20-34(33)22-53(40)46(55)44-27(3)60-28(4)51-44)61-43(24-59-41)32-9-11-37(12-10-32)58-23-30-15-35(48)21-36(49)16-30/h5-16,19-21,39-40,43H,17-18,22-24H2,1-4H3,(H,52,54)(H,56,57)/t39-,40-,43+/m0/s1. The summed E-state index contributed by atoms with van der Waals surface area (Å²) in [5.74, 6) is -0.0606. The molecular weight excluding hydrogens is 819 g/mol. The number of aliphatic carboxylic acids is 1. The van der Waals surface area contributed by atoms with Crippen LogP contribution in [0.15, 0.2) is 95.5 Å². The van der Waals surface area contributed by atoms with Gasteiger partial charge in [0.25, 0.3) is 5.91 Å². The third-order valence-electron chi connectivity index (χ3n) is 11.1. The van der Waals surface area contributed by atoms with Crippen LogP contribution in [0.1, 0.15) is 67.3 Å². The fraction of sp³-hybridized carbons (Fsp3) is 0.255. The number of nitrogens with zero attached hydrogens (tertiary/aromatic N) is 3. The van der Waals surface area contributed by atoms with E-state index in [1.165, 1.54) is 4.90 Å². The maximum atomic E-state index is 14.2. The Bertz CT molecular complexity index is 2630. The molecular formula is C47H42Cl2N4O8. The minimum absolute atomic E-state index is 0.0237. The summed E-state index contributed by atoms with van der Waals surface area (Å²) in [7, 11) is 0. The van der Waals surface area contributed by atoms with Gasteiger partial charge in [-0.15, -0.1) is 0 Å². The highest BCUT2D eigenvalue weighted by Crippen LogP contribution is 2.41. The van der Waals surface area contributed by atoms with Crippen LogP contribution in [0.2, 0.25) is 10.0 Å². The molecule has 14 heteroatoms. The largest absolute Gasteiger partial charge is 0.489 e. The van der Waals surface area contributed by atoms with Gasteiger partial charge in [-0.05, 0) is 114 Å². The molecule has 2 N–H and O–H groups in total. The number of oxazole rings is 1. The van der Waals surface area contributed by atoms with Gasteiger partial charge in [-0.3, -0.25) is 14.6 Å². The number of carboxylic acid groups (broad SMARTS) is 1. The van der Waals surface area contributed by atoms with E-state index in [-0.39, 0.29) is 31.7 Å². The van der Waals surface area contributed by atoms with Crippen LogP contribution in [0.4, 0.5) is 0 Å². The Balaban J connectivity index is 0.994. The van der Waals surface area contributed by atoms with Gasteiger partial charge in [-0.1, -0.05) is 59.6 Å². The van der Waals surface area contributed by atoms with Gasteiger partial charge in [0.15, 0.2) is 29.2 Å². The molecule has 61 heavy (non-hydrogen) atoms. The summed E-state index contributed by atoms with van der Waals surface area (Å²) < 4.78 is 24.2. The van der Waals surface area contributed by atoms with E-state index in [1.54, 1.807) is 38.2 Å². The second kappa shape index (κ2) is 17.3. The van der Waals surface area contributed by atoms with E-state index in [0.717, 1.165) is 50.2 Å². The summed E-state index contributed by atoms with van der Waals surface area (Å²) in [4.78, 5) is 51.1. The van der Waals surface area contributed by atoms with Gasteiger partial charge < -0.3 is 34.0 Å². The van der Waals surface area contributed by atoms with Crippen LogP contribution in [0, 0.1) is 27.7 Å². The lowest BCUT2D eigenvalue weighted by atomic mass is 9.91. The quantitative estimate of drug-likeness (QED) is 0.129. The van der Waals surface area contributed by atoms with E-state index < -0.39 is 36.0 Å². The number of nitrogens with one attached hydrogen (secondary N) is 1. The maximum Gasteiger partial charge on any atom is 0.326 e. The van der Waals surface area contributed by atoms with Crippen LogP contribution in [0.25, 0.3) is 11.1 Å². The lowest BCUT2D eigenvalue weighted by Gasteiger charge is -2.37. The van der Waals surface area contributed by atoms with Crippen LogP contribution < -0.4 is 19.5 Å². The van der Waals surface area contributed by atoms with Crippen molar-refractivity contribution in [1.82, 2.24) is 20.2 Å². The molecule has 0 spiro atoms. The molecule has 8 rings (SSSR count). The number of hydrogen-bond donors (Lipinski definition) is 2. The van der Waals surface area contributed by atoms with E-state index in [0.29, 0.717) is 45.6 Å². The minimum Gasteiger partial charge on any atom is -0.489 e. The Kier molecular flexibility index (Phi) is 11.7. The number of benzene rings is 4. The predicted molar refractivity (Wildman–Crippen MR) is 228 cm³/mol. The Morgan fingerprint density at radius 3 is 2.31 bits per heavy atom. The van der Waals surface area contributed by atoms with Crippen molar-refractivity contribution in [2.45, 2.75) is 71.9 Å². The van der Waals surface area contributed by atoms with Crippen LogP contribution in [-0.2, 0) is 35.6 Å². The Hall–Kier alpha value is -6.37. The molecule has 0 fully saturated rings. The zero-order valence-electron chi connectivity index (χ0n) is 33.8. The first-order valence-corrected chi connectivity index (χ1v) is 20.5. The average Bonchev–Trinajstić information content (AvgIpc) is 3.59. The number of carboxylic acids is 1. The lowest BCUT2D eigenvalue weighted by Crippen LogP contribution is -2.56. The topological polar surface area (TPSA) is 153 Å². The molecule has 312 valence electrons. The minimum atomic E-state index is -1.27. The van der Waals surface area contributed by atoms with Crippen LogP contribution >= 0.6 is 23.2 Å². The molecule has 2 aromatic heterocycles. The fourth-order valence-corrected chi connectivity index (χ4v) is 8.31. The summed E-state index contributed by atoms with van der Waals surface area (Å²) in [6.45, 7) is 7.79. The summed E-state index contributed by atoms with van der Waals surface area (Å²) in [5, 5.41) is 14.1. The van der Waals surface area contributed by atoms with Gasteiger partial charge >= 0.3 is 5.97 Å². The highest BCUT2D eigenvalue weighted by molar-refractivity contribution is 6.34. The third kappa shape index (κ3) is 9.06. The second-order valence-corrected chi connectivity index (χ2v) is 16.2. The van der Waals surface area contributed by atoms with Crippen molar-refractivity contribution in [3.8, 4) is 28.4 Å². The number of fused-ring (bicyclic) bond motifs is 2. The molecule has 12 nitrogen and oxygen atoms in total. The van der Waals surface area contributed by atoms with Gasteiger partial charge in [0.05, 0.1) is 0 Å². The van der Waals surface area contributed by atoms with Crippen molar-refractivity contribution < 1.29 is 38.1 Å². The SMILES string of the molecule is Cc1nc(C(=O)N2Cc3cc4c(cc3C[C@H]2C(=O)N[C@@H](Cc2ccc(-c3ccnc(C)c3C)cc2)C(=O)O)OC[C@H](c2ccc(OCc3cc(Cl)cc(Cl)c3)cc2)O4)c(C)o1. The van der Waals surface area contributed by atoms with Crippen LogP contribution in [-0.4, -0.2) is 56.4 Å². The zero-order chi connectivity index (χ0) is 42.9. The van der Waals surface area contributed by atoms with Crippen molar-refractivity contribution in [3.05, 3.63) is 158 Å². The highest BCUT2D eigenvalue weighted by atomic mass is 35.5. The molecule has 0 radical (unpaired) electrons. The number of amides is 2. The highest BCUT2D eigenvalue weighted by Gasteiger charge is 2.39. The van der Waals surface area contributed by atoms with E-state index >= 15 is 0 Å². The number of halogens is 2.